The summed E-state index contributed by atoms with van der Waals surface area (Å²) in [5, 5.41) is 6.03. The molecule has 1 amide bonds. The predicted octanol–water partition coefficient (Wildman–Crippen LogP) is 4.01. The summed E-state index contributed by atoms with van der Waals surface area (Å²) >= 11 is 0. The van der Waals surface area contributed by atoms with Gasteiger partial charge in [0.2, 0.25) is 5.91 Å². The van der Waals surface area contributed by atoms with E-state index in [1.807, 2.05) is 37.1 Å². The normalized spacial score (nSPS) is 10.7. The van der Waals surface area contributed by atoms with E-state index in [1.165, 1.54) is 19.1 Å². The zero-order chi connectivity index (χ0) is 20.5. The van der Waals surface area contributed by atoms with Crippen molar-refractivity contribution in [3.05, 3.63) is 59.4 Å². The Bertz CT molecular complexity index is 828. The van der Waals surface area contributed by atoms with Crippen LogP contribution in [0.2, 0.25) is 0 Å². The summed E-state index contributed by atoms with van der Waals surface area (Å²) in [6.07, 6.45) is 0. The van der Waals surface area contributed by atoms with E-state index in [4.69, 9.17) is 4.74 Å². The zero-order valence-electron chi connectivity index (χ0n) is 17.2. The number of nitrogens with zero attached hydrogens (tertiary/aromatic N) is 2. The van der Waals surface area contributed by atoms with Gasteiger partial charge in [-0.1, -0.05) is 18.2 Å². The van der Waals surface area contributed by atoms with Gasteiger partial charge in [-0.15, -0.1) is 24.0 Å². The van der Waals surface area contributed by atoms with Crippen molar-refractivity contribution in [3.63, 3.8) is 0 Å². The molecule has 0 aliphatic heterocycles. The third kappa shape index (κ3) is 7.88. The molecule has 0 spiro atoms. The number of benzene rings is 2. The van der Waals surface area contributed by atoms with E-state index in [9.17, 15) is 9.18 Å². The molecule has 0 aliphatic carbocycles. The summed E-state index contributed by atoms with van der Waals surface area (Å²) < 4.78 is 18.4. The van der Waals surface area contributed by atoms with Crippen molar-refractivity contribution < 1.29 is 13.9 Å². The summed E-state index contributed by atoms with van der Waals surface area (Å²) in [6, 6.07) is 12.0. The maximum atomic E-state index is 13.1. The molecular weight excluding hydrogens is 486 g/mol. The van der Waals surface area contributed by atoms with Crippen LogP contribution in [0.4, 0.5) is 10.1 Å². The molecule has 0 atom stereocenters. The average Bonchev–Trinajstić information content (AvgIpc) is 2.66. The van der Waals surface area contributed by atoms with E-state index < -0.39 is 0 Å². The predicted molar refractivity (Wildman–Crippen MR) is 125 cm³/mol. The molecule has 2 aromatic rings. The fraction of sp³-hybridized carbons (Fsp3) is 0.333. The Labute approximate surface area is 188 Å². The summed E-state index contributed by atoms with van der Waals surface area (Å²) in [4.78, 5) is 18.1. The van der Waals surface area contributed by atoms with Crippen LogP contribution in [0, 0.1) is 5.82 Å². The van der Waals surface area contributed by atoms with Gasteiger partial charge in [-0.3, -0.25) is 4.79 Å². The van der Waals surface area contributed by atoms with Gasteiger partial charge in [-0.25, -0.2) is 9.38 Å². The number of rotatable bonds is 7. The molecule has 158 valence electrons. The average molecular weight is 514 g/mol. The SMILES string of the molecule is CCNC(=NCc1ccc(OC)c(NC(C)=O)c1)N(C)Cc1ccc(F)cc1.I. The molecule has 0 aliphatic rings. The zero-order valence-corrected chi connectivity index (χ0v) is 19.5. The topological polar surface area (TPSA) is 66.0 Å². The number of anilines is 1. The van der Waals surface area contributed by atoms with E-state index in [1.54, 1.807) is 19.2 Å². The molecule has 0 bridgehead atoms. The van der Waals surface area contributed by atoms with Crippen molar-refractivity contribution in [2.24, 2.45) is 4.99 Å². The van der Waals surface area contributed by atoms with E-state index in [-0.39, 0.29) is 35.7 Å². The molecule has 0 radical (unpaired) electrons. The smallest absolute Gasteiger partial charge is 0.221 e. The highest BCUT2D eigenvalue weighted by Crippen LogP contribution is 2.25. The lowest BCUT2D eigenvalue weighted by Crippen LogP contribution is -2.38. The Morgan fingerprint density at radius 2 is 1.83 bits per heavy atom. The monoisotopic (exact) mass is 514 g/mol. The fourth-order valence-electron chi connectivity index (χ4n) is 2.72. The lowest BCUT2D eigenvalue weighted by molar-refractivity contribution is -0.114. The number of amides is 1. The molecule has 8 heteroatoms. The first-order valence-electron chi connectivity index (χ1n) is 9.11. The molecule has 0 fully saturated rings. The maximum absolute atomic E-state index is 13.1. The van der Waals surface area contributed by atoms with Crippen molar-refractivity contribution in [2.45, 2.75) is 26.9 Å². The van der Waals surface area contributed by atoms with Gasteiger partial charge in [-0.2, -0.15) is 0 Å². The van der Waals surface area contributed by atoms with Crippen molar-refractivity contribution in [2.75, 3.05) is 26.0 Å². The minimum absolute atomic E-state index is 0. The van der Waals surface area contributed by atoms with Gasteiger partial charge in [0.1, 0.15) is 11.6 Å². The van der Waals surface area contributed by atoms with Crippen LogP contribution in [0.25, 0.3) is 0 Å². The number of methoxy groups -OCH3 is 1. The molecule has 0 heterocycles. The number of aliphatic imine (C=N–C) groups is 1. The van der Waals surface area contributed by atoms with Gasteiger partial charge in [0.05, 0.1) is 19.3 Å². The highest BCUT2D eigenvalue weighted by Gasteiger charge is 2.09. The van der Waals surface area contributed by atoms with Crippen molar-refractivity contribution >= 4 is 41.5 Å². The number of nitrogens with one attached hydrogen (secondary N) is 2. The molecule has 2 aromatic carbocycles. The summed E-state index contributed by atoms with van der Waals surface area (Å²) in [5.41, 5.74) is 2.55. The van der Waals surface area contributed by atoms with Crippen LogP contribution in [-0.4, -0.2) is 37.5 Å². The largest absolute Gasteiger partial charge is 0.495 e. The highest BCUT2D eigenvalue weighted by molar-refractivity contribution is 14.0. The van der Waals surface area contributed by atoms with Gasteiger partial charge in [0.25, 0.3) is 0 Å². The quantitative estimate of drug-likeness (QED) is 0.333. The Balaban J connectivity index is 0.00000420. The molecule has 29 heavy (non-hydrogen) atoms. The molecule has 0 saturated heterocycles. The van der Waals surface area contributed by atoms with Gasteiger partial charge in [-0.05, 0) is 42.3 Å². The number of hydrogen-bond acceptors (Lipinski definition) is 3. The molecule has 0 saturated carbocycles. The summed E-state index contributed by atoms with van der Waals surface area (Å²) in [6.45, 7) is 5.23. The molecule has 2 rings (SSSR count). The van der Waals surface area contributed by atoms with Crippen LogP contribution in [0.1, 0.15) is 25.0 Å². The number of carbonyl (C=O) groups is 1. The van der Waals surface area contributed by atoms with Crippen LogP contribution in [0.3, 0.4) is 0 Å². The molecule has 2 N–H and O–H groups in total. The summed E-state index contributed by atoms with van der Waals surface area (Å²) in [5.74, 6) is 0.930. The van der Waals surface area contributed by atoms with Crippen LogP contribution in [0.5, 0.6) is 5.75 Å². The first-order valence-corrected chi connectivity index (χ1v) is 9.11. The van der Waals surface area contributed by atoms with Crippen molar-refractivity contribution in [1.82, 2.24) is 10.2 Å². The van der Waals surface area contributed by atoms with Gasteiger partial charge in [0.15, 0.2) is 5.96 Å². The van der Waals surface area contributed by atoms with E-state index in [2.05, 4.69) is 15.6 Å². The van der Waals surface area contributed by atoms with Crippen LogP contribution in [-0.2, 0) is 17.9 Å². The highest BCUT2D eigenvalue weighted by atomic mass is 127. The summed E-state index contributed by atoms with van der Waals surface area (Å²) in [7, 11) is 3.49. The lowest BCUT2D eigenvalue weighted by Gasteiger charge is -2.22. The minimum atomic E-state index is -0.249. The van der Waals surface area contributed by atoms with E-state index >= 15 is 0 Å². The molecule has 0 unspecified atom stereocenters. The van der Waals surface area contributed by atoms with Crippen LogP contribution < -0.4 is 15.4 Å². The van der Waals surface area contributed by atoms with Crippen molar-refractivity contribution in [3.8, 4) is 5.75 Å². The third-order valence-electron chi connectivity index (χ3n) is 4.02. The standard InChI is InChI=1S/C21H27FN4O2.HI/c1-5-23-21(26(3)14-16-6-9-18(22)10-7-16)24-13-17-8-11-20(28-4)19(12-17)25-15(2)27;/h6-12H,5,13-14H2,1-4H3,(H,23,24)(H,25,27);1H. The van der Waals surface area contributed by atoms with Crippen LogP contribution >= 0.6 is 24.0 Å². The number of carbonyl (C=O) groups excluding carboxylic acids is 1. The minimum Gasteiger partial charge on any atom is -0.495 e. The van der Waals surface area contributed by atoms with E-state index in [0.717, 1.165) is 23.6 Å². The molecule has 0 aromatic heterocycles. The first kappa shape index (κ1) is 24.7. The van der Waals surface area contributed by atoms with Gasteiger partial charge < -0.3 is 20.3 Å². The third-order valence-corrected chi connectivity index (χ3v) is 4.02. The Kier molecular flexibility index (Phi) is 10.4. The Morgan fingerprint density at radius 1 is 1.17 bits per heavy atom. The number of hydrogen-bond donors (Lipinski definition) is 2. The second-order valence-corrected chi connectivity index (χ2v) is 6.37. The first-order chi connectivity index (χ1) is 13.4. The van der Waals surface area contributed by atoms with Crippen LogP contribution in [0.15, 0.2) is 47.5 Å². The van der Waals surface area contributed by atoms with Crippen molar-refractivity contribution in [1.29, 1.82) is 0 Å². The number of guanidine groups is 1. The fourth-order valence-corrected chi connectivity index (χ4v) is 2.72. The van der Waals surface area contributed by atoms with E-state index in [0.29, 0.717) is 24.5 Å². The Morgan fingerprint density at radius 3 is 2.41 bits per heavy atom. The molecule has 6 nitrogen and oxygen atoms in total. The van der Waals surface area contributed by atoms with Gasteiger partial charge in [0, 0.05) is 27.1 Å². The second kappa shape index (κ2) is 12.3. The number of halogens is 2. The number of ether oxygens (including phenoxy) is 1. The molecular formula is C21H28FIN4O2. The second-order valence-electron chi connectivity index (χ2n) is 6.37. The maximum Gasteiger partial charge on any atom is 0.221 e. The lowest BCUT2D eigenvalue weighted by atomic mass is 10.2. The Hall–Kier alpha value is -2.36. The van der Waals surface area contributed by atoms with Gasteiger partial charge >= 0.3 is 0 Å².